The first-order valence-electron chi connectivity index (χ1n) is 10.8. The third kappa shape index (κ3) is 13.0. The molecule has 0 bridgehead atoms. The molecule has 0 aliphatic rings. The molecule has 0 heterocycles. The molecule has 0 aliphatic carbocycles. The van der Waals surface area contributed by atoms with E-state index in [2.05, 4.69) is 38.5 Å². The van der Waals surface area contributed by atoms with Crippen LogP contribution in [0.2, 0.25) is 0 Å². The topological polar surface area (TPSA) is 182 Å². The van der Waals surface area contributed by atoms with Crippen LogP contribution in [0, 0.1) is 3.57 Å². The summed E-state index contributed by atoms with van der Waals surface area (Å²) in [6.07, 6.45) is 1.88. The molecule has 12 heteroatoms. The highest BCUT2D eigenvalue weighted by atomic mass is 127. The van der Waals surface area contributed by atoms with E-state index in [4.69, 9.17) is 10.2 Å². The van der Waals surface area contributed by atoms with Gasteiger partial charge in [-0.05, 0) is 78.8 Å². The van der Waals surface area contributed by atoms with E-state index >= 15 is 0 Å². The van der Waals surface area contributed by atoms with Crippen LogP contribution < -0.4 is 16.0 Å². The lowest BCUT2D eigenvalue weighted by Crippen LogP contribution is -2.46. The molecular weight excluding hydrogens is 561 g/mol. The molecule has 0 spiro atoms. The number of nitrogens with one attached hydrogen (secondary N) is 3. The van der Waals surface area contributed by atoms with Gasteiger partial charge in [0.2, 0.25) is 5.91 Å². The number of benzene rings is 1. The number of aryl methyl sites for hydroxylation is 1. The fraction of sp³-hybridized carbons (Fsp3) is 0.500. The molecule has 1 rings (SSSR count). The lowest BCUT2D eigenvalue weighted by molar-refractivity contribution is -0.142. The van der Waals surface area contributed by atoms with Gasteiger partial charge in [0.15, 0.2) is 0 Å². The van der Waals surface area contributed by atoms with Gasteiger partial charge in [-0.3, -0.25) is 9.59 Å². The Morgan fingerprint density at radius 2 is 1.41 bits per heavy atom. The van der Waals surface area contributed by atoms with Crippen molar-refractivity contribution >= 4 is 52.4 Å². The maximum absolute atomic E-state index is 12.1. The molecular formula is C22H30IN3O8. The highest BCUT2D eigenvalue weighted by molar-refractivity contribution is 14.1. The summed E-state index contributed by atoms with van der Waals surface area (Å²) in [5.74, 6) is -3.98. The van der Waals surface area contributed by atoms with Crippen LogP contribution in [0.1, 0.15) is 50.5 Å². The molecule has 34 heavy (non-hydrogen) atoms. The van der Waals surface area contributed by atoms with Crippen LogP contribution in [0.15, 0.2) is 24.3 Å². The van der Waals surface area contributed by atoms with Crippen molar-refractivity contribution in [3.63, 3.8) is 0 Å². The first-order valence-corrected chi connectivity index (χ1v) is 11.9. The number of hydrogen-bond acceptors (Lipinski definition) is 5. The van der Waals surface area contributed by atoms with Crippen LogP contribution in [0.4, 0.5) is 4.79 Å². The molecule has 188 valence electrons. The molecule has 0 saturated heterocycles. The number of rotatable bonds is 16. The maximum Gasteiger partial charge on any atom is 0.326 e. The zero-order valence-electron chi connectivity index (χ0n) is 18.6. The Kier molecular flexibility index (Phi) is 13.6. The number of amides is 3. The summed E-state index contributed by atoms with van der Waals surface area (Å²) >= 11 is 2.21. The lowest BCUT2D eigenvalue weighted by atomic mass is 10.1. The van der Waals surface area contributed by atoms with Crippen LogP contribution in [0.5, 0.6) is 0 Å². The minimum Gasteiger partial charge on any atom is -0.481 e. The Hall–Kier alpha value is -2.90. The van der Waals surface area contributed by atoms with Gasteiger partial charge in [-0.25, -0.2) is 14.4 Å². The van der Waals surface area contributed by atoms with Crippen LogP contribution in [0.3, 0.4) is 0 Å². The first kappa shape index (κ1) is 29.1. The summed E-state index contributed by atoms with van der Waals surface area (Å²) in [4.78, 5) is 57.0. The van der Waals surface area contributed by atoms with Crippen molar-refractivity contribution in [1.29, 1.82) is 0 Å². The Bertz CT molecular complexity index is 847. The zero-order chi connectivity index (χ0) is 25.5. The number of carboxylic acids is 3. The number of aliphatic carboxylic acids is 3. The predicted octanol–water partition coefficient (Wildman–Crippen LogP) is 1.97. The van der Waals surface area contributed by atoms with Crippen molar-refractivity contribution in [3.8, 4) is 0 Å². The molecule has 0 saturated carbocycles. The fourth-order valence-corrected chi connectivity index (χ4v) is 3.40. The minimum atomic E-state index is -1.34. The molecule has 1 aromatic carbocycles. The van der Waals surface area contributed by atoms with Crippen LogP contribution >= 0.6 is 22.6 Å². The van der Waals surface area contributed by atoms with E-state index in [1.54, 1.807) is 0 Å². The zero-order valence-corrected chi connectivity index (χ0v) is 20.7. The quantitative estimate of drug-likeness (QED) is 0.125. The van der Waals surface area contributed by atoms with Gasteiger partial charge in [-0.2, -0.15) is 0 Å². The number of halogens is 1. The maximum atomic E-state index is 12.1. The Labute approximate surface area is 210 Å². The summed E-state index contributed by atoms with van der Waals surface area (Å²) in [6.45, 7) is 0.160. The predicted molar refractivity (Wildman–Crippen MR) is 130 cm³/mol. The summed E-state index contributed by atoms with van der Waals surface area (Å²) in [7, 11) is 0. The van der Waals surface area contributed by atoms with E-state index in [-0.39, 0.29) is 31.7 Å². The van der Waals surface area contributed by atoms with Gasteiger partial charge in [-0.15, -0.1) is 0 Å². The fourth-order valence-electron chi connectivity index (χ4n) is 3.04. The van der Waals surface area contributed by atoms with Crippen LogP contribution in [0.25, 0.3) is 0 Å². The van der Waals surface area contributed by atoms with Crippen molar-refractivity contribution in [2.45, 2.75) is 63.5 Å². The summed E-state index contributed by atoms with van der Waals surface area (Å²) in [5.41, 5.74) is 1.11. The van der Waals surface area contributed by atoms with E-state index in [1.807, 2.05) is 24.3 Å². The molecule has 11 nitrogen and oxygen atoms in total. The molecule has 2 atom stereocenters. The number of hydrogen-bond donors (Lipinski definition) is 6. The van der Waals surface area contributed by atoms with Gasteiger partial charge >= 0.3 is 23.9 Å². The standard InChI is InChI=1S/C22H30IN3O8/c23-15-9-7-14(8-10-15)4-3-6-18(27)25-16(20(30)31)5-1-2-13-24-22(34)26-17(21(32)33)11-12-19(28)29/h7-10,16-17H,1-6,11-13H2,(H,25,27)(H,28,29)(H,30,31)(H,32,33)(H2,24,26,34)/t16-,17-/m0/s1. The second-order valence-electron chi connectivity index (χ2n) is 7.66. The Morgan fingerprint density at radius 1 is 0.794 bits per heavy atom. The second kappa shape index (κ2) is 15.9. The molecule has 3 amide bonds. The van der Waals surface area contributed by atoms with Crippen LogP contribution in [-0.4, -0.2) is 63.8 Å². The van der Waals surface area contributed by atoms with Gasteiger partial charge in [0.25, 0.3) is 0 Å². The van der Waals surface area contributed by atoms with Crippen molar-refractivity contribution in [2.24, 2.45) is 0 Å². The average Bonchev–Trinajstić information content (AvgIpc) is 2.76. The lowest BCUT2D eigenvalue weighted by Gasteiger charge is -2.16. The van der Waals surface area contributed by atoms with Gasteiger partial charge < -0.3 is 31.3 Å². The number of urea groups is 1. The van der Waals surface area contributed by atoms with E-state index in [1.165, 1.54) is 0 Å². The Morgan fingerprint density at radius 3 is 2.00 bits per heavy atom. The number of carbonyl (C=O) groups excluding carboxylic acids is 2. The van der Waals surface area contributed by atoms with Crippen LogP contribution in [-0.2, 0) is 25.6 Å². The average molecular weight is 591 g/mol. The monoisotopic (exact) mass is 591 g/mol. The molecule has 0 radical (unpaired) electrons. The number of carbonyl (C=O) groups is 5. The van der Waals surface area contributed by atoms with Gasteiger partial charge in [0.1, 0.15) is 12.1 Å². The number of carboxylic acid groups (broad SMARTS) is 3. The van der Waals surface area contributed by atoms with E-state index < -0.39 is 42.4 Å². The summed E-state index contributed by atoms with van der Waals surface area (Å²) < 4.78 is 1.12. The van der Waals surface area contributed by atoms with Crippen molar-refractivity contribution in [3.05, 3.63) is 33.4 Å². The largest absolute Gasteiger partial charge is 0.481 e. The van der Waals surface area contributed by atoms with E-state index in [9.17, 15) is 29.1 Å². The normalized spacial score (nSPS) is 12.3. The van der Waals surface area contributed by atoms with Crippen molar-refractivity contribution in [2.75, 3.05) is 6.54 Å². The first-order chi connectivity index (χ1) is 16.1. The minimum absolute atomic E-state index is 0.160. The summed E-state index contributed by atoms with van der Waals surface area (Å²) in [6, 6.07) is 4.84. The van der Waals surface area contributed by atoms with E-state index in [0.717, 1.165) is 15.6 Å². The molecule has 0 aliphatic heterocycles. The van der Waals surface area contributed by atoms with Gasteiger partial charge in [-0.1, -0.05) is 12.1 Å². The third-order valence-electron chi connectivity index (χ3n) is 4.87. The highest BCUT2D eigenvalue weighted by Gasteiger charge is 2.21. The molecule has 1 aromatic rings. The smallest absolute Gasteiger partial charge is 0.326 e. The molecule has 0 aromatic heterocycles. The van der Waals surface area contributed by atoms with Crippen molar-refractivity contribution < 1.29 is 39.3 Å². The molecule has 0 fully saturated rings. The Balaban J connectivity index is 2.28. The third-order valence-corrected chi connectivity index (χ3v) is 5.59. The molecule has 0 unspecified atom stereocenters. The van der Waals surface area contributed by atoms with Crippen molar-refractivity contribution in [1.82, 2.24) is 16.0 Å². The van der Waals surface area contributed by atoms with Gasteiger partial charge in [0.05, 0.1) is 0 Å². The number of unbranched alkanes of at least 4 members (excludes halogenated alkanes) is 1. The van der Waals surface area contributed by atoms with E-state index in [0.29, 0.717) is 19.3 Å². The molecule has 6 N–H and O–H groups in total. The van der Waals surface area contributed by atoms with Gasteiger partial charge in [0, 0.05) is 23.0 Å². The summed E-state index contributed by atoms with van der Waals surface area (Å²) in [5, 5.41) is 34.2. The SMILES string of the molecule is O=C(O)CC[C@H](NC(=O)NCCCC[C@H](NC(=O)CCCc1ccc(I)cc1)C(=O)O)C(=O)O. The highest BCUT2D eigenvalue weighted by Crippen LogP contribution is 2.10. The second-order valence-corrected chi connectivity index (χ2v) is 8.90.